The second kappa shape index (κ2) is 6.39. The summed E-state index contributed by atoms with van der Waals surface area (Å²) < 4.78 is 28.0. The monoisotopic (exact) mass is 373 g/mol. The van der Waals surface area contributed by atoms with E-state index in [1.54, 1.807) is 28.6 Å². The van der Waals surface area contributed by atoms with Crippen LogP contribution < -0.4 is 0 Å². The molecular formula is C16H24BrNO2S. The van der Waals surface area contributed by atoms with Crippen LogP contribution in [0, 0.1) is 11.3 Å². The first-order valence-electron chi connectivity index (χ1n) is 7.47. The maximum absolute atomic E-state index is 12.7. The van der Waals surface area contributed by atoms with Crippen molar-refractivity contribution in [3.05, 3.63) is 28.7 Å². The van der Waals surface area contributed by atoms with Gasteiger partial charge in [-0.15, -0.1) is 0 Å². The van der Waals surface area contributed by atoms with E-state index in [1.807, 2.05) is 0 Å². The van der Waals surface area contributed by atoms with Crippen molar-refractivity contribution in [2.45, 2.75) is 44.9 Å². The Morgan fingerprint density at radius 1 is 1.10 bits per heavy atom. The van der Waals surface area contributed by atoms with E-state index in [9.17, 15) is 8.42 Å². The molecule has 0 aromatic heterocycles. The van der Waals surface area contributed by atoms with Crippen LogP contribution in [-0.2, 0) is 10.0 Å². The van der Waals surface area contributed by atoms with E-state index >= 15 is 0 Å². The van der Waals surface area contributed by atoms with Crippen molar-refractivity contribution < 1.29 is 8.42 Å². The molecule has 1 saturated heterocycles. The fourth-order valence-electron chi connectivity index (χ4n) is 2.93. The number of hydrogen-bond acceptors (Lipinski definition) is 2. The molecule has 0 radical (unpaired) electrons. The van der Waals surface area contributed by atoms with E-state index in [0.29, 0.717) is 23.9 Å². The van der Waals surface area contributed by atoms with Crippen LogP contribution in [-0.4, -0.2) is 25.8 Å². The molecule has 0 spiro atoms. The maximum atomic E-state index is 12.7. The van der Waals surface area contributed by atoms with Gasteiger partial charge in [-0.3, -0.25) is 0 Å². The van der Waals surface area contributed by atoms with Crippen molar-refractivity contribution in [2.75, 3.05) is 13.1 Å². The van der Waals surface area contributed by atoms with Crippen LogP contribution in [0.2, 0.25) is 0 Å². The summed E-state index contributed by atoms with van der Waals surface area (Å²) in [6.07, 6.45) is 2.99. The summed E-state index contributed by atoms with van der Waals surface area (Å²) in [6.45, 7) is 7.99. The van der Waals surface area contributed by atoms with Crippen molar-refractivity contribution in [2.24, 2.45) is 11.3 Å². The van der Waals surface area contributed by atoms with Crippen molar-refractivity contribution in [3.8, 4) is 0 Å². The summed E-state index contributed by atoms with van der Waals surface area (Å²) in [4.78, 5) is 0.389. The van der Waals surface area contributed by atoms with E-state index in [2.05, 4.69) is 36.7 Å². The third-order valence-corrected chi connectivity index (χ3v) is 6.80. The molecule has 0 aliphatic carbocycles. The first-order chi connectivity index (χ1) is 9.71. The van der Waals surface area contributed by atoms with Gasteiger partial charge < -0.3 is 0 Å². The molecule has 0 bridgehead atoms. The van der Waals surface area contributed by atoms with Gasteiger partial charge in [-0.05, 0) is 54.9 Å². The van der Waals surface area contributed by atoms with Crippen LogP contribution in [0.1, 0.15) is 40.0 Å². The average Bonchev–Trinajstić information content (AvgIpc) is 2.64. The Morgan fingerprint density at radius 2 is 1.71 bits per heavy atom. The van der Waals surface area contributed by atoms with Crippen LogP contribution in [0.3, 0.4) is 0 Å². The second-order valence-electron chi connectivity index (χ2n) is 6.85. The first-order valence-corrected chi connectivity index (χ1v) is 9.70. The lowest BCUT2D eigenvalue weighted by Gasteiger charge is -2.29. The Balaban J connectivity index is 2.16. The van der Waals surface area contributed by atoms with Gasteiger partial charge in [0.1, 0.15) is 0 Å². The van der Waals surface area contributed by atoms with Crippen LogP contribution in [0.15, 0.2) is 33.6 Å². The lowest BCUT2D eigenvalue weighted by molar-refractivity contribution is 0.217. The summed E-state index contributed by atoms with van der Waals surface area (Å²) >= 11 is 3.34. The number of sulfonamides is 1. The fraction of sp³-hybridized carbons (Fsp3) is 0.625. The molecule has 2 rings (SSSR count). The Kier molecular flexibility index (Phi) is 5.16. The highest BCUT2D eigenvalue weighted by Crippen LogP contribution is 2.35. The minimum atomic E-state index is -3.36. The largest absolute Gasteiger partial charge is 0.243 e. The zero-order valence-corrected chi connectivity index (χ0v) is 15.4. The Morgan fingerprint density at radius 3 is 2.29 bits per heavy atom. The fourth-order valence-corrected chi connectivity index (χ4v) is 4.69. The molecule has 21 heavy (non-hydrogen) atoms. The molecule has 1 heterocycles. The molecule has 0 N–H and O–H groups in total. The standard InChI is InChI=1S/C16H24BrNO2S/c1-16(2,3)13-5-4-11-18(12-10-13)21(19,20)15-8-6-14(17)7-9-15/h6-9,13H,4-5,10-12H2,1-3H3. The average molecular weight is 374 g/mol. The highest BCUT2D eigenvalue weighted by molar-refractivity contribution is 9.10. The molecule has 5 heteroatoms. The SMILES string of the molecule is CC(C)(C)C1CCCN(S(=O)(=O)c2ccc(Br)cc2)CC1. The molecule has 1 fully saturated rings. The first kappa shape index (κ1) is 17.0. The molecule has 1 aliphatic heterocycles. The summed E-state index contributed by atoms with van der Waals surface area (Å²) in [7, 11) is -3.36. The zero-order valence-electron chi connectivity index (χ0n) is 13.0. The third kappa shape index (κ3) is 4.08. The molecule has 1 aliphatic rings. The van der Waals surface area contributed by atoms with Gasteiger partial charge in [-0.25, -0.2) is 8.42 Å². The van der Waals surface area contributed by atoms with Gasteiger partial charge in [0, 0.05) is 17.6 Å². The van der Waals surface area contributed by atoms with E-state index in [4.69, 9.17) is 0 Å². The van der Waals surface area contributed by atoms with Gasteiger partial charge in [-0.2, -0.15) is 4.31 Å². The number of halogens is 1. The molecule has 1 aromatic rings. The lowest BCUT2D eigenvalue weighted by Crippen LogP contribution is -2.32. The Labute approximate surface area is 136 Å². The number of nitrogens with zero attached hydrogens (tertiary/aromatic N) is 1. The van der Waals surface area contributed by atoms with Gasteiger partial charge in [-0.1, -0.05) is 36.7 Å². The third-order valence-electron chi connectivity index (χ3n) is 4.36. The summed E-state index contributed by atoms with van der Waals surface area (Å²) in [5.74, 6) is 0.586. The smallest absolute Gasteiger partial charge is 0.207 e. The molecule has 1 atom stereocenters. The minimum Gasteiger partial charge on any atom is -0.207 e. The van der Waals surface area contributed by atoms with Crippen molar-refractivity contribution in [3.63, 3.8) is 0 Å². The minimum absolute atomic E-state index is 0.247. The maximum Gasteiger partial charge on any atom is 0.243 e. The molecule has 0 saturated carbocycles. The van der Waals surface area contributed by atoms with E-state index in [-0.39, 0.29) is 5.41 Å². The normalized spacial score (nSPS) is 22.0. The van der Waals surface area contributed by atoms with Gasteiger partial charge in [0.05, 0.1) is 4.90 Å². The number of rotatable bonds is 2. The quantitative estimate of drug-likeness (QED) is 0.775. The lowest BCUT2D eigenvalue weighted by atomic mass is 9.77. The summed E-state index contributed by atoms with van der Waals surface area (Å²) in [5, 5.41) is 0. The van der Waals surface area contributed by atoms with Gasteiger partial charge in [0.2, 0.25) is 10.0 Å². The molecule has 0 amide bonds. The molecule has 3 nitrogen and oxygen atoms in total. The molecule has 1 aromatic carbocycles. The Hall–Kier alpha value is -0.390. The van der Waals surface area contributed by atoms with E-state index in [1.165, 1.54) is 0 Å². The topological polar surface area (TPSA) is 37.4 Å². The van der Waals surface area contributed by atoms with Gasteiger partial charge in [0.15, 0.2) is 0 Å². The molecule has 1 unspecified atom stereocenters. The second-order valence-corrected chi connectivity index (χ2v) is 9.71. The Bertz CT molecular complexity index is 575. The van der Waals surface area contributed by atoms with Crippen LogP contribution in [0.5, 0.6) is 0 Å². The van der Waals surface area contributed by atoms with E-state index in [0.717, 1.165) is 23.7 Å². The van der Waals surface area contributed by atoms with Crippen LogP contribution in [0.25, 0.3) is 0 Å². The predicted molar refractivity (Wildman–Crippen MR) is 89.7 cm³/mol. The molecule has 118 valence electrons. The predicted octanol–water partition coefficient (Wildman–Crippen LogP) is 4.29. The van der Waals surface area contributed by atoms with E-state index < -0.39 is 10.0 Å². The van der Waals surface area contributed by atoms with Crippen molar-refractivity contribution in [1.29, 1.82) is 0 Å². The highest BCUT2D eigenvalue weighted by atomic mass is 79.9. The van der Waals surface area contributed by atoms with Crippen LogP contribution >= 0.6 is 15.9 Å². The van der Waals surface area contributed by atoms with Gasteiger partial charge >= 0.3 is 0 Å². The van der Waals surface area contributed by atoms with Crippen LogP contribution in [0.4, 0.5) is 0 Å². The summed E-state index contributed by atoms with van der Waals surface area (Å²) in [5.41, 5.74) is 0.247. The summed E-state index contributed by atoms with van der Waals surface area (Å²) in [6, 6.07) is 6.91. The number of hydrogen-bond donors (Lipinski definition) is 0. The highest BCUT2D eigenvalue weighted by Gasteiger charge is 2.31. The van der Waals surface area contributed by atoms with Crippen molar-refractivity contribution in [1.82, 2.24) is 4.31 Å². The number of benzene rings is 1. The zero-order chi connectivity index (χ0) is 15.7. The van der Waals surface area contributed by atoms with Crippen molar-refractivity contribution >= 4 is 26.0 Å². The molecular weight excluding hydrogens is 350 g/mol. The van der Waals surface area contributed by atoms with Gasteiger partial charge in [0.25, 0.3) is 0 Å².